The molecule has 0 fully saturated rings. The number of aromatic nitrogens is 1. The highest BCUT2D eigenvalue weighted by Crippen LogP contribution is 2.27. The van der Waals surface area contributed by atoms with Crippen LogP contribution in [0.4, 0.5) is 0 Å². The van der Waals surface area contributed by atoms with E-state index >= 15 is 0 Å². The summed E-state index contributed by atoms with van der Waals surface area (Å²) < 4.78 is 25.9. The van der Waals surface area contributed by atoms with Gasteiger partial charge in [-0.15, -0.1) is 0 Å². The summed E-state index contributed by atoms with van der Waals surface area (Å²) in [4.78, 5) is 4.67. The first kappa shape index (κ1) is 16.6. The van der Waals surface area contributed by atoms with E-state index in [4.69, 9.17) is 10.8 Å². The molecule has 2 aromatic carbocycles. The van der Waals surface area contributed by atoms with Crippen LogP contribution in [-0.4, -0.2) is 31.2 Å². The van der Waals surface area contributed by atoms with E-state index in [0.29, 0.717) is 17.3 Å². The van der Waals surface area contributed by atoms with Gasteiger partial charge < -0.3 is 10.8 Å². The second-order valence-corrected chi connectivity index (χ2v) is 7.54. The second kappa shape index (κ2) is 6.68. The third kappa shape index (κ3) is 3.17. The number of hydrogen-bond donors (Lipinski definition) is 2. The summed E-state index contributed by atoms with van der Waals surface area (Å²) in [6, 6.07) is 14.9. The predicted octanol–water partition coefficient (Wildman–Crippen LogP) is 1.93. The van der Waals surface area contributed by atoms with Crippen molar-refractivity contribution in [3.8, 4) is 0 Å². The topological polar surface area (TPSA) is 93.3 Å². The summed E-state index contributed by atoms with van der Waals surface area (Å²) in [5.74, 6) is 0. The van der Waals surface area contributed by atoms with E-state index in [0.717, 1.165) is 5.56 Å². The smallest absolute Gasteiger partial charge is 0.207 e. The Morgan fingerprint density at radius 1 is 1.04 bits per heavy atom. The predicted molar refractivity (Wildman–Crippen MR) is 92.4 cm³/mol. The zero-order valence-electron chi connectivity index (χ0n) is 13.0. The van der Waals surface area contributed by atoms with E-state index < -0.39 is 9.84 Å². The van der Waals surface area contributed by atoms with Crippen LogP contribution in [0.25, 0.3) is 10.9 Å². The number of nitrogens with zero attached hydrogens (tertiary/aromatic N) is 1. The monoisotopic (exact) mass is 342 g/mol. The summed E-state index contributed by atoms with van der Waals surface area (Å²) in [5, 5.41) is 9.61. The van der Waals surface area contributed by atoms with Crippen molar-refractivity contribution in [2.45, 2.75) is 22.3 Å². The molecule has 1 aromatic heterocycles. The molecule has 0 radical (unpaired) electrons. The Bertz CT molecular complexity index is 948. The summed E-state index contributed by atoms with van der Waals surface area (Å²) in [5.41, 5.74) is 7.23. The normalized spacial score (nSPS) is 13.1. The summed E-state index contributed by atoms with van der Waals surface area (Å²) in [7, 11) is -3.64. The average Bonchev–Trinajstić information content (AvgIpc) is 2.61. The van der Waals surface area contributed by atoms with Crippen LogP contribution in [0, 0.1) is 0 Å². The molecule has 5 nitrogen and oxygen atoms in total. The fourth-order valence-corrected chi connectivity index (χ4v) is 4.05. The summed E-state index contributed by atoms with van der Waals surface area (Å²) >= 11 is 0. The molecular weight excluding hydrogens is 324 g/mol. The number of sulfone groups is 1. The lowest BCUT2D eigenvalue weighted by molar-refractivity contribution is 0.265. The lowest BCUT2D eigenvalue weighted by Gasteiger charge is -2.10. The Morgan fingerprint density at radius 3 is 2.46 bits per heavy atom. The van der Waals surface area contributed by atoms with Gasteiger partial charge in [0.1, 0.15) is 0 Å². The van der Waals surface area contributed by atoms with Crippen molar-refractivity contribution >= 4 is 20.7 Å². The fourth-order valence-electron chi connectivity index (χ4n) is 2.60. The Kier molecular flexibility index (Phi) is 4.62. The zero-order valence-corrected chi connectivity index (χ0v) is 13.8. The van der Waals surface area contributed by atoms with Gasteiger partial charge >= 0.3 is 0 Å². The quantitative estimate of drug-likeness (QED) is 0.739. The van der Waals surface area contributed by atoms with E-state index in [-0.39, 0.29) is 22.4 Å². The number of benzene rings is 2. The first-order valence-electron chi connectivity index (χ1n) is 7.56. The second-order valence-electron chi connectivity index (χ2n) is 5.62. The highest BCUT2D eigenvalue weighted by molar-refractivity contribution is 7.91. The molecule has 124 valence electrons. The van der Waals surface area contributed by atoms with Crippen LogP contribution in [0.1, 0.15) is 5.56 Å². The molecule has 0 aliphatic carbocycles. The van der Waals surface area contributed by atoms with E-state index in [9.17, 15) is 8.42 Å². The van der Waals surface area contributed by atoms with Gasteiger partial charge in [-0.2, -0.15) is 0 Å². The van der Waals surface area contributed by atoms with Crippen LogP contribution in [-0.2, 0) is 16.3 Å². The summed E-state index contributed by atoms with van der Waals surface area (Å²) in [6.07, 6.45) is 2.00. The average molecular weight is 342 g/mol. The number of fused-ring (bicyclic) bond motifs is 1. The highest BCUT2D eigenvalue weighted by Gasteiger charge is 2.20. The van der Waals surface area contributed by atoms with Crippen LogP contribution in [0.5, 0.6) is 0 Å². The standard InChI is InChI=1S/C18H18N2O3S/c19-14(12-21)11-13-5-7-15(8-6-13)24(22,23)18-9-10-20-17-4-2-1-3-16(17)18/h1-10,14,21H,11-12,19H2. The third-order valence-corrected chi connectivity index (χ3v) is 5.69. The molecule has 6 heteroatoms. The Balaban J connectivity index is 2.01. The van der Waals surface area contributed by atoms with Crippen LogP contribution in [0.15, 0.2) is 70.6 Å². The Morgan fingerprint density at radius 2 is 1.75 bits per heavy atom. The number of aliphatic hydroxyl groups excluding tert-OH is 1. The van der Waals surface area contributed by atoms with Gasteiger partial charge in [-0.25, -0.2) is 8.42 Å². The molecule has 0 aliphatic heterocycles. The molecule has 1 atom stereocenters. The van der Waals surface area contributed by atoms with Crippen molar-refractivity contribution in [3.05, 3.63) is 66.4 Å². The number of aliphatic hydroxyl groups is 1. The fraction of sp³-hybridized carbons (Fsp3) is 0.167. The van der Waals surface area contributed by atoms with Gasteiger partial charge in [0.2, 0.25) is 9.84 Å². The number of hydrogen-bond acceptors (Lipinski definition) is 5. The van der Waals surface area contributed by atoms with Gasteiger partial charge in [0.15, 0.2) is 0 Å². The van der Waals surface area contributed by atoms with Gasteiger partial charge in [-0.3, -0.25) is 4.98 Å². The minimum absolute atomic E-state index is 0.108. The first-order chi connectivity index (χ1) is 11.5. The number of pyridine rings is 1. The van der Waals surface area contributed by atoms with Crippen molar-refractivity contribution < 1.29 is 13.5 Å². The van der Waals surface area contributed by atoms with E-state index in [1.807, 2.05) is 6.07 Å². The van der Waals surface area contributed by atoms with E-state index in [2.05, 4.69) is 4.98 Å². The minimum atomic E-state index is -3.64. The Hall–Kier alpha value is -2.28. The van der Waals surface area contributed by atoms with E-state index in [1.54, 1.807) is 42.5 Å². The van der Waals surface area contributed by atoms with Crippen LogP contribution in [0.3, 0.4) is 0 Å². The molecule has 3 N–H and O–H groups in total. The first-order valence-corrected chi connectivity index (χ1v) is 9.05. The van der Waals surface area contributed by atoms with Crippen molar-refractivity contribution in [1.29, 1.82) is 0 Å². The van der Waals surface area contributed by atoms with Gasteiger partial charge in [-0.1, -0.05) is 30.3 Å². The maximum atomic E-state index is 12.9. The lowest BCUT2D eigenvalue weighted by Crippen LogP contribution is -2.26. The molecule has 0 aliphatic rings. The third-order valence-electron chi connectivity index (χ3n) is 3.86. The summed E-state index contributed by atoms with van der Waals surface area (Å²) in [6.45, 7) is -0.108. The molecule has 1 unspecified atom stereocenters. The highest BCUT2D eigenvalue weighted by atomic mass is 32.2. The molecule has 3 rings (SSSR count). The molecule has 0 amide bonds. The van der Waals surface area contributed by atoms with Crippen LogP contribution < -0.4 is 5.73 Å². The van der Waals surface area contributed by atoms with Crippen LogP contribution in [0.2, 0.25) is 0 Å². The van der Waals surface area contributed by atoms with Gasteiger partial charge in [0.25, 0.3) is 0 Å². The largest absolute Gasteiger partial charge is 0.395 e. The van der Waals surface area contributed by atoms with Gasteiger partial charge in [0, 0.05) is 17.6 Å². The number of rotatable bonds is 5. The maximum absolute atomic E-state index is 12.9. The molecule has 0 spiro atoms. The molecule has 24 heavy (non-hydrogen) atoms. The van der Waals surface area contributed by atoms with Crippen molar-refractivity contribution in [2.75, 3.05) is 6.61 Å². The zero-order chi connectivity index (χ0) is 17.2. The van der Waals surface area contributed by atoms with Crippen molar-refractivity contribution in [3.63, 3.8) is 0 Å². The number of para-hydroxylation sites is 1. The Labute approximate surface area is 140 Å². The van der Waals surface area contributed by atoms with Gasteiger partial charge in [-0.05, 0) is 36.2 Å². The molecular formula is C18H18N2O3S. The maximum Gasteiger partial charge on any atom is 0.207 e. The minimum Gasteiger partial charge on any atom is -0.395 e. The van der Waals surface area contributed by atoms with E-state index in [1.165, 1.54) is 12.3 Å². The molecule has 0 saturated heterocycles. The SMILES string of the molecule is NC(CO)Cc1ccc(S(=O)(=O)c2ccnc3ccccc23)cc1. The van der Waals surface area contributed by atoms with Crippen molar-refractivity contribution in [1.82, 2.24) is 4.98 Å². The lowest BCUT2D eigenvalue weighted by atomic mass is 10.1. The van der Waals surface area contributed by atoms with Gasteiger partial charge in [0.05, 0.1) is 21.9 Å². The molecule has 3 aromatic rings. The van der Waals surface area contributed by atoms with Crippen molar-refractivity contribution in [2.24, 2.45) is 5.73 Å². The molecule has 0 bridgehead atoms. The van der Waals surface area contributed by atoms with Crippen LogP contribution >= 0.6 is 0 Å². The molecule has 1 heterocycles. The number of nitrogens with two attached hydrogens (primary N) is 1. The molecule has 0 saturated carbocycles.